The minimum absolute atomic E-state index is 0.640. The molecule has 0 aliphatic carbocycles. The zero-order chi connectivity index (χ0) is 12.0. The van der Waals surface area contributed by atoms with Crippen LogP contribution in [-0.4, -0.2) is 6.54 Å². The zero-order valence-corrected chi connectivity index (χ0v) is 9.96. The van der Waals surface area contributed by atoms with E-state index in [1.165, 1.54) is 0 Å². The van der Waals surface area contributed by atoms with Gasteiger partial charge in [-0.1, -0.05) is 26.7 Å². The number of hydrogen-bond acceptors (Lipinski definition) is 3. The van der Waals surface area contributed by atoms with E-state index in [0.29, 0.717) is 17.2 Å². The Kier molecular flexibility index (Phi) is 4.65. The van der Waals surface area contributed by atoms with E-state index >= 15 is 0 Å². The van der Waals surface area contributed by atoms with Crippen LogP contribution in [0.15, 0.2) is 18.2 Å². The SMILES string of the molecule is CCC(CC)CNc1cc(C#N)ccc1N. The van der Waals surface area contributed by atoms with Crippen molar-refractivity contribution in [1.29, 1.82) is 5.26 Å². The van der Waals surface area contributed by atoms with Crippen LogP contribution in [-0.2, 0) is 0 Å². The highest BCUT2D eigenvalue weighted by Crippen LogP contribution is 2.20. The smallest absolute Gasteiger partial charge is 0.0992 e. The van der Waals surface area contributed by atoms with Crippen LogP contribution >= 0.6 is 0 Å². The molecule has 0 aliphatic rings. The summed E-state index contributed by atoms with van der Waals surface area (Å²) in [6.45, 7) is 5.28. The predicted molar refractivity (Wildman–Crippen MR) is 68.1 cm³/mol. The van der Waals surface area contributed by atoms with Crippen molar-refractivity contribution in [3.05, 3.63) is 23.8 Å². The number of nitrogens with two attached hydrogens (primary N) is 1. The van der Waals surface area contributed by atoms with Crippen LogP contribution in [0.25, 0.3) is 0 Å². The normalized spacial score (nSPS) is 10.1. The Morgan fingerprint density at radius 2 is 2.06 bits per heavy atom. The van der Waals surface area contributed by atoms with E-state index < -0.39 is 0 Å². The number of nitrogens with one attached hydrogen (secondary N) is 1. The highest BCUT2D eigenvalue weighted by molar-refractivity contribution is 5.68. The van der Waals surface area contributed by atoms with Crippen LogP contribution < -0.4 is 11.1 Å². The summed E-state index contributed by atoms with van der Waals surface area (Å²) >= 11 is 0. The van der Waals surface area contributed by atoms with E-state index in [0.717, 1.165) is 25.1 Å². The molecule has 3 heteroatoms. The molecule has 0 aromatic heterocycles. The van der Waals surface area contributed by atoms with Crippen LogP contribution in [0.5, 0.6) is 0 Å². The molecule has 16 heavy (non-hydrogen) atoms. The minimum Gasteiger partial charge on any atom is -0.397 e. The molecular formula is C13H19N3. The van der Waals surface area contributed by atoms with Gasteiger partial charge in [-0.3, -0.25) is 0 Å². The Bertz CT molecular complexity index is 375. The molecule has 3 nitrogen and oxygen atoms in total. The highest BCUT2D eigenvalue weighted by atomic mass is 14.9. The van der Waals surface area contributed by atoms with Gasteiger partial charge in [0.1, 0.15) is 0 Å². The molecular weight excluding hydrogens is 198 g/mol. The van der Waals surface area contributed by atoms with E-state index in [2.05, 4.69) is 25.2 Å². The molecule has 0 amide bonds. The molecule has 1 rings (SSSR count). The first-order valence-electron chi connectivity index (χ1n) is 5.74. The Hall–Kier alpha value is -1.69. The molecule has 0 radical (unpaired) electrons. The maximum absolute atomic E-state index is 8.80. The summed E-state index contributed by atoms with van der Waals surface area (Å²) in [5, 5.41) is 12.1. The fraction of sp³-hybridized carbons (Fsp3) is 0.462. The molecule has 0 heterocycles. The van der Waals surface area contributed by atoms with Gasteiger partial charge in [-0.15, -0.1) is 0 Å². The summed E-state index contributed by atoms with van der Waals surface area (Å²) in [7, 11) is 0. The van der Waals surface area contributed by atoms with Gasteiger partial charge in [0.15, 0.2) is 0 Å². The van der Waals surface area contributed by atoms with Crippen molar-refractivity contribution in [2.75, 3.05) is 17.6 Å². The first-order valence-corrected chi connectivity index (χ1v) is 5.74. The second-order valence-corrected chi connectivity index (χ2v) is 3.98. The van der Waals surface area contributed by atoms with Crippen molar-refractivity contribution in [2.24, 2.45) is 5.92 Å². The van der Waals surface area contributed by atoms with Gasteiger partial charge in [-0.25, -0.2) is 0 Å². The van der Waals surface area contributed by atoms with E-state index in [9.17, 15) is 0 Å². The third-order valence-electron chi connectivity index (χ3n) is 2.92. The van der Waals surface area contributed by atoms with Crippen LogP contribution in [0.1, 0.15) is 32.3 Å². The largest absolute Gasteiger partial charge is 0.397 e. The molecule has 0 fully saturated rings. The van der Waals surface area contributed by atoms with Crippen molar-refractivity contribution < 1.29 is 0 Å². The number of benzene rings is 1. The summed E-state index contributed by atoms with van der Waals surface area (Å²) in [6, 6.07) is 7.42. The average molecular weight is 217 g/mol. The molecule has 0 saturated heterocycles. The minimum atomic E-state index is 0.640. The Morgan fingerprint density at radius 3 is 2.62 bits per heavy atom. The second kappa shape index (κ2) is 6.02. The molecule has 86 valence electrons. The maximum atomic E-state index is 8.80. The van der Waals surface area contributed by atoms with Gasteiger partial charge in [0.25, 0.3) is 0 Å². The van der Waals surface area contributed by atoms with Crippen LogP contribution in [0, 0.1) is 17.2 Å². The monoisotopic (exact) mass is 217 g/mol. The fourth-order valence-corrected chi connectivity index (χ4v) is 1.61. The van der Waals surface area contributed by atoms with E-state index in [-0.39, 0.29) is 0 Å². The van der Waals surface area contributed by atoms with Crippen LogP contribution in [0.3, 0.4) is 0 Å². The van der Waals surface area contributed by atoms with Crippen molar-refractivity contribution in [3.63, 3.8) is 0 Å². The van der Waals surface area contributed by atoms with Gasteiger partial charge < -0.3 is 11.1 Å². The molecule has 0 atom stereocenters. The quantitative estimate of drug-likeness (QED) is 0.745. The fourth-order valence-electron chi connectivity index (χ4n) is 1.61. The Labute approximate surface area is 97.3 Å². The first-order chi connectivity index (χ1) is 7.71. The van der Waals surface area contributed by atoms with Crippen molar-refractivity contribution >= 4 is 11.4 Å². The van der Waals surface area contributed by atoms with Gasteiger partial charge in [0.2, 0.25) is 0 Å². The molecule has 1 aromatic rings. The number of nitrogen functional groups attached to an aromatic ring is 1. The molecule has 0 aliphatic heterocycles. The van der Waals surface area contributed by atoms with E-state index in [4.69, 9.17) is 11.0 Å². The van der Waals surface area contributed by atoms with Crippen molar-refractivity contribution in [3.8, 4) is 6.07 Å². The Morgan fingerprint density at radius 1 is 1.38 bits per heavy atom. The summed E-state index contributed by atoms with van der Waals surface area (Å²) in [5.41, 5.74) is 8.05. The van der Waals surface area contributed by atoms with E-state index in [1.54, 1.807) is 18.2 Å². The summed E-state index contributed by atoms with van der Waals surface area (Å²) in [5.74, 6) is 0.658. The van der Waals surface area contributed by atoms with E-state index in [1.807, 2.05) is 0 Å². The molecule has 0 bridgehead atoms. The number of anilines is 2. The lowest BCUT2D eigenvalue weighted by Crippen LogP contribution is -2.13. The summed E-state index contributed by atoms with van der Waals surface area (Å²) < 4.78 is 0. The number of nitriles is 1. The Balaban J connectivity index is 2.69. The lowest BCUT2D eigenvalue weighted by Gasteiger charge is -2.15. The van der Waals surface area contributed by atoms with Gasteiger partial charge in [0.05, 0.1) is 23.0 Å². The van der Waals surface area contributed by atoms with Crippen molar-refractivity contribution in [2.45, 2.75) is 26.7 Å². The molecule has 0 unspecified atom stereocenters. The summed E-state index contributed by atoms with van der Waals surface area (Å²) in [6.07, 6.45) is 2.31. The van der Waals surface area contributed by atoms with Crippen LogP contribution in [0.2, 0.25) is 0 Å². The predicted octanol–water partition coefficient (Wildman–Crippen LogP) is 2.99. The first kappa shape index (κ1) is 12.4. The third kappa shape index (κ3) is 3.16. The molecule has 0 spiro atoms. The molecule has 1 aromatic carbocycles. The maximum Gasteiger partial charge on any atom is 0.0992 e. The summed E-state index contributed by atoms with van der Waals surface area (Å²) in [4.78, 5) is 0. The number of nitrogens with zero attached hydrogens (tertiary/aromatic N) is 1. The number of hydrogen-bond donors (Lipinski definition) is 2. The number of rotatable bonds is 5. The standard InChI is InChI=1S/C13H19N3/c1-3-10(4-2)9-16-13-7-11(8-14)5-6-12(13)15/h5-7,10,16H,3-4,9,15H2,1-2H3. The second-order valence-electron chi connectivity index (χ2n) is 3.98. The lowest BCUT2D eigenvalue weighted by atomic mass is 10.0. The van der Waals surface area contributed by atoms with Gasteiger partial charge in [-0.05, 0) is 24.1 Å². The zero-order valence-electron chi connectivity index (χ0n) is 9.96. The molecule has 0 saturated carbocycles. The third-order valence-corrected chi connectivity index (χ3v) is 2.92. The van der Waals surface area contributed by atoms with Gasteiger partial charge in [-0.2, -0.15) is 5.26 Å². The molecule has 3 N–H and O–H groups in total. The van der Waals surface area contributed by atoms with Crippen molar-refractivity contribution in [1.82, 2.24) is 0 Å². The van der Waals surface area contributed by atoms with Gasteiger partial charge >= 0.3 is 0 Å². The van der Waals surface area contributed by atoms with Crippen LogP contribution in [0.4, 0.5) is 11.4 Å². The highest BCUT2D eigenvalue weighted by Gasteiger charge is 2.05. The van der Waals surface area contributed by atoms with Gasteiger partial charge in [0, 0.05) is 6.54 Å². The average Bonchev–Trinajstić information content (AvgIpc) is 2.32. The lowest BCUT2D eigenvalue weighted by molar-refractivity contribution is 0.519. The topological polar surface area (TPSA) is 61.8 Å².